The highest BCUT2D eigenvalue weighted by atomic mass is 16.3. The highest BCUT2D eigenvalue weighted by Crippen LogP contribution is 2.14. The molecule has 3 N–H and O–H groups in total. The maximum atomic E-state index is 12.3. The molecule has 45 heavy (non-hydrogen) atoms. The first kappa shape index (κ1) is 43.9. The van der Waals surface area contributed by atoms with Crippen LogP contribution in [0.15, 0.2) is 24.3 Å². The Kier molecular flexibility index (Phi) is 36.4. The number of unbranched alkanes of at least 4 members (excludes halogenated alkanes) is 27. The van der Waals surface area contributed by atoms with Gasteiger partial charge in [-0.3, -0.25) is 4.79 Å². The molecule has 0 bridgehead atoms. The molecule has 0 aromatic rings. The van der Waals surface area contributed by atoms with E-state index in [9.17, 15) is 15.0 Å². The number of rotatable bonds is 36. The van der Waals surface area contributed by atoms with Crippen LogP contribution >= 0.6 is 0 Å². The Labute approximate surface area is 281 Å². The molecule has 4 nitrogen and oxygen atoms in total. The van der Waals surface area contributed by atoms with Crippen LogP contribution in [0.4, 0.5) is 0 Å². The lowest BCUT2D eigenvalue weighted by atomic mass is 10.0. The number of aliphatic hydroxyl groups excluding tert-OH is 2. The molecule has 0 fully saturated rings. The van der Waals surface area contributed by atoms with E-state index in [2.05, 4.69) is 31.3 Å². The number of carbonyl (C=O) groups excluding carboxylic acids is 1. The van der Waals surface area contributed by atoms with Crippen LogP contribution < -0.4 is 5.32 Å². The van der Waals surface area contributed by atoms with Gasteiger partial charge in [0.1, 0.15) is 0 Å². The van der Waals surface area contributed by atoms with E-state index in [4.69, 9.17) is 0 Å². The summed E-state index contributed by atoms with van der Waals surface area (Å²) in [4.78, 5) is 12.3. The summed E-state index contributed by atoms with van der Waals surface area (Å²) in [6.45, 7) is 4.29. The molecule has 0 aromatic heterocycles. The normalized spacial score (nSPS) is 13.2. The number of aliphatic hydroxyl groups is 2. The molecular formula is C41H79NO3. The fourth-order valence-electron chi connectivity index (χ4n) is 6.05. The van der Waals surface area contributed by atoms with Crippen LogP contribution in [0.1, 0.15) is 213 Å². The van der Waals surface area contributed by atoms with Gasteiger partial charge < -0.3 is 15.5 Å². The lowest BCUT2D eigenvalue weighted by Gasteiger charge is -2.20. The third kappa shape index (κ3) is 34.0. The van der Waals surface area contributed by atoms with Crippen LogP contribution in [-0.2, 0) is 4.79 Å². The molecule has 0 saturated carbocycles. The van der Waals surface area contributed by atoms with Crippen molar-refractivity contribution in [1.29, 1.82) is 0 Å². The molecule has 2 unspecified atom stereocenters. The van der Waals surface area contributed by atoms with Crippen LogP contribution in [0.5, 0.6) is 0 Å². The van der Waals surface area contributed by atoms with Gasteiger partial charge in [0.05, 0.1) is 18.8 Å². The Balaban J connectivity index is 3.53. The molecular weight excluding hydrogens is 554 g/mol. The average molecular weight is 634 g/mol. The summed E-state index contributed by atoms with van der Waals surface area (Å²) < 4.78 is 0. The molecule has 1 amide bonds. The van der Waals surface area contributed by atoms with E-state index < -0.39 is 12.1 Å². The summed E-state index contributed by atoms with van der Waals surface area (Å²) in [6.07, 6.45) is 47.1. The van der Waals surface area contributed by atoms with Crippen molar-refractivity contribution in [3.8, 4) is 0 Å². The molecule has 4 heteroatoms. The van der Waals surface area contributed by atoms with Crippen LogP contribution in [0.3, 0.4) is 0 Å². The standard InChI is InChI=1S/C41H79NO3/c1-3-5-7-9-11-13-15-16-17-18-19-20-21-22-23-24-25-26-27-29-31-33-35-37-41(45)42-39(38-43)40(44)36-34-32-30-28-14-12-10-8-6-4-2/h22-23,34,36,39-40,43-44H,3-21,24-33,35,37-38H2,1-2H3,(H,42,45)/b23-22-,36-34+. The van der Waals surface area contributed by atoms with Gasteiger partial charge in [-0.15, -0.1) is 0 Å². The highest BCUT2D eigenvalue weighted by Gasteiger charge is 2.17. The second kappa shape index (κ2) is 37.3. The first-order chi connectivity index (χ1) is 22.2. The third-order valence-corrected chi connectivity index (χ3v) is 9.18. The predicted octanol–water partition coefficient (Wildman–Crippen LogP) is 12.1. The number of hydrogen-bond acceptors (Lipinski definition) is 3. The van der Waals surface area contributed by atoms with Gasteiger partial charge in [0.15, 0.2) is 0 Å². The van der Waals surface area contributed by atoms with Crippen molar-refractivity contribution in [3.63, 3.8) is 0 Å². The van der Waals surface area contributed by atoms with E-state index in [0.29, 0.717) is 6.42 Å². The minimum atomic E-state index is -0.836. The number of hydrogen-bond donors (Lipinski definition) is 3. The molecule has 0 aliphatic carbocycles. The molecule has 0 rings (SSSR count). The van der Waals surface area contributed by atoms with Gasteiger partial charge in [0.2, 0.25) is 5.91 Å². The van der Waals surface area contributed by atoms with Crippen molar-refractivity contribution in [2.24, 2.45) is 0 Å². The molecule has 0 spiro atoms. The van der Waals surface area contributed by atoms with Crippen LogP contribution in [0.2, 0.25) is 0 Å². The maximum Gasteiger partial charge on any atom is 0.220 e. The van der Waals surface area contributed by atoms with Crippen molar-refractivity contribution in [2.75, 3.05) is 6.61 Å². The van der Waals surface area contributed by atoms with Gasteiger partial charge in [0.25, 0.3) is 0 Å². The van der Waals surface area contributed by atoms with Crippen molar-refractivity contribution < 1.29 is 15.0 Å². The number of amides is 1. The van der Waals surface area contributed by atoms with Crippen LogP contribution in [-0.4, -0.2) is 34.9 Å². The van der Waals surface area contributed by atoms with Crippen LogP contribution in [0.25, 0.3) is 0 Å². The molecule has 2 atom stereocenters. The monoisotopic (exact) mass is 634 g/mol. The van der Waals surface area contributed by atoms with Gasteiger partial charge in [0, 0.05) is 6.42 Å². The number of carbonyl (C=O) groups is 1. The molecule has 0 aliphatic rings. The second-order valence-corrected chi connectivity index (χ2v) is 13.7. The van der Waals surface area contributed by atoms with E-state index in [0.717, 1.165) is 25.7 Å². The van der Waals surface area contributed by atoms with Gasteiger partial charge in [-0.1, -0.05) is 186 Å². The maximum absolute atomic E-state index is 12.3. The Hall–Kier alpha value is -1.13. The summed E-state index contributed by atoms with van der Waals surface area (Å²) in [5, 5.41) is 22.8. The minimum Gasteiger partial charge on any atom is -0.394 e. The zero-order valence-electron chi connectivity index (χ0n) is 30.4. The molecule has 266 valence electrons. The smallest absolute Gasteiger partial charge is 0.220 e. The molecule has 0 saturated heterocycles. The predicted molar refractivity (Wildman–Crippen MR) is 198 cm³/mol. The zero-order valence-corrected chi connectivity index (χ0v) is 30.4. The van der Waals surface area contributed by atoms with Crippen molar-refractivity contribution in [2.45, 2.75) is 225 Å². The Morgan fingerprint density at radius 1 is 0.511 bits per heavy atom. The van der Waals surface area contributed by atoms with E-state index in [1.54, 1.807) is 6.08 Å². The topological polar surface area (TPSA) is 69.6 Å². The van der Waals surface area contributed by atoms with Gasteiger partial charge in [-0.05, 0) is 44.9 Å². The molecule has 0 aliphatic heterocycles. The van der Waals surface area contributed by atoms with Crippen molar-refractivity contribution in [3.05, 3.63) is 24.3 Å². The van der Waals surface area contributed by atoms with Crippen LogP contribution in [0, 0.1) is 0 Å². The van der Waals surface area contributed by atoms with Gasteiger partial charge >= 0.3 is 0 Å². The fourth-order valence-corrected chi connectivity index (χ4v) is 6.05. The molecule has 0 heterocycles. The second-order valence-electron chi connectivity index (χ2n) is 13.7. The Bertz CT molecular complexity index is 647. The van der Waals surface area contributed by atoms with E-state index >= 15 is 0 Å². The van der Waals surface area contributed by atoms with E-state index in [1.807, 2.05) is 6.08 Å². The summed E-state index contributed by atoms with van der Waals surface area (Å²) in [5.74, 6) is -0.0696. The Morgan fingerprint density at radius 2 is 0.844 bits per heavy atom. The average Bonchev–Trinajstić information content (AvgIpc) is 3.04. The zero-order chi connectivity index (χ0) is 32.9. The third-order valence-electron chi connectivity index (χ3n) is 9.18. The van der Waals surface area contributed by atoms with E-state index in [-0.39, 0.29) is 12.5 Å². The van der Waals surface area contributed by atoms with E-state index in [1.165, 1.54) is 167 Å². The minimum absolute atomic E-state index is 0.0696. The van der Waals surface area contributed by atoms with Gasteiger partial charge in [-0.2, -0.15) is 0 Å². The number of allylic oxidation sites excluding steroid dienone is 3. The lowest BCUT2D eigenvalue weighted by Crippen LogP contribution is -2.45. The largest absolute Gasteiger partial charge is 0.394 e. The highest BCUT2D eigenvalue weighted by molar-refractivity contribution is 5.76. The summed E-state index contributed by atoms with van der Waals surface area (Å²) in [6, 6.07) is -0.620. The molecule has 0 radical (unpaired) electrons. The van der Waals surface area contributed by atoms with Crippen molar-refractivity contribution in [1.82, 2.24) is 5.32 Å². The molecule has 0 aromatic carbocycles. The first-order valence-electron chi connectivity index (χ1n) is 20.1. The summed E-state index contributed by atoms with van der Waals surface area (Å²) in [5.41, 5.74) is 0. The Morgan fingerprint density at radius 3 is 1.22 bits per heavy atom. The van der Waals surface area contributed by atoms with Crippen molar-refractivity contribution >= 4 is 5.91 Å². The number of nitrogens with one attached hydrogen (secondary N) is 1. The summed E-state index contributed by atoms with van der Waals surface area (Å²) >= 11 is 0. The SMILES string of the molecule is CCCCCCCCCC/C=C/C(O)C(CO)NC(=O)CCCCCCCCC/C=C\CCCCCCCCCCCCCC. The lowest BCUT2D eigenvalue weighted by molar-refractivity contribution is -0.123. The summed E-state index contributed by atoms with van der Waals surface area (Å²) in [7, 11) is 0. The quantitative estimate of drug-likeness (QED) is 0.0475. The van der Waals surface area contributed by atoms with Gasteiger partial charge in [-0.25, -0.2) is 0 Å². The first-order valence-corrected chi connectivity index (χ1v) is 20.1. The fraction of sp³-hybridized carbons (Fsp3) is 0.878.